The molecule has 0 aliphatic carbocycles. The van der Waals surface area contributed by atoms with Gasteiger partial charge in [0.15, 0.2) is 0 Å². The molecule has 0 atom stereocenters. The highest BCUT2D eigenvalue weighted by Gasteiger charge is 2.24. The molecule has 3 nitrogen and oxygen atoms in total. The summed E-state index contributed by atoms with van der Waals surface area (Å²) >= 11 is 1.26. The van der Waals surface area contributed by atoms with E-state index in [0.29, 0.717) is 4.88 Å². The van der Waals surface area contributed by atoms with Crippen molar-refractivity contribution in [1.29, 1.82) is 0 Å². The maximum atomic E-state index is 11.2. The Labute approximate surface area is 91.6 Å². The van der Waals surface area contributed by atoms with E-state index in [2.05, 4.69) is 4.85 Å². The zero-order valence-electron chi connectivity index (χ0n) is 7.61. The molecule has 0 N–H and O–H groups in total. The third kappa shape index (κ3) is 2.08. The average molecular weight is 250 g/mol. The molecule has 0 fully saturated rings. The first-order chi connectivity index (χ1) is 6.38. The molecule has 0 saturated carbocycles. The van der Waals surface area contributed by atoms with Crippen molar-refractivity contribution < 1.29 is 8.42 Å². The molecule has 1 heterocycles. The van der Waals surface area contributed by atoms with Crippen molar-refractivity contribution in [1.82, 2.24) is 0 Å². The highest BCUT2D eigenvalue weighted by atomic mass is 35.7. The number of nitrogens with zero attached hydrogens (tertiary/aromatic N) is 1. The van der Waals surface area contributed by atoms with Crippen molar-refractivity contribution >= 4 is 36.8 Å². The van der Waals surface area contributed by atoms with Gasteiger partial charge in [-0.1, -0.05) is 13.8 Å². The summed E-state index contributed by atoms with van der Waals surface area (Å²) in [4.78, 5) is 3.76. The molecule has 14 heavy (non-hydrogen) atoms. The van der Waals surface area contributed by atoms with Gasteiger partial charge in [0.1, 0.15) is 4.90 Å². The zero-order valence-corrected chi connectivity index (χ0v) is 10.0. The Balaban J connectivity index is 3.52. The van der Waals surface area contributed by atoms with E-state index in [1.54, 1.807) is 0 Å². The van der Waals surface area contributed by atoms with Crippen LogP contribution in [0.1, 0.15) is 24.6 Å². The minimum atomic E-state index is -3.81. The quantitative estimate of drug-likeness (QED) is 0.596. The Kier molecular flexibility index (Phi) is 3.20. The lowest BCUT2D eigenvalue weighted by molar-refractivity contribution is 0.608. The van der Waals surface area contributed by atoms with E-state index in [1.807, 2.05) is 13.8 Å². The van der Waals surface area contributed by atoms with Crippen molar-refractivity contribution in [3.63, 3.8) is 0 Å². The fraction of sp³-hybridized carbons (Fsp3) is 0.375. The highest BCUT2D eigenvalue weighted by molar-refractivity contribution is 8.14. The number of hydrogen-bond acceptors (Lipinski definition) is 3. The summed E-state index contributed by atoms with van der Waals surface area (Å²) in [5, 5.41) is 1.53. The first-order valence-corrected chi connectivity index (χ1v) is 7.00. The van der Waals surface area contributed by atoms with Crippen LogP contribution < -0.4 is 0 Å². The summed E-state index contributed by atoms with van der Waals surface area (Å²) in [5.74, 6) is 0.0547. The lowest BCUT2D eigenvalue weighted by Crippen LogP contribution is -1.95. The summed E-state index contributed by atoms with van der Waals surface area (Å²) in [7, 11) is 1.46. The standard InChI is InChI=1S/C8H8ClNO2S2/c1-5(2)7-8(14(9,11)12)6(10-3)4-13-7/h4-5H,1-2H3. The van der Waals surface area contributed by atoms with Crippen LogP contribution >= 0.6 is 22.0 Å². The predicted octanol–water partition coefficient (Wildman–Crippen LogP) is 3.35. The maximum Gasteiger partial charge on any atom is 0.253 e. The highest BCUT2D eigenvalue weighted by Crippen LogP contribution is 2.39. The fourth-order valence-corrected chi connectivity index (χ4v) is 3.97. The smallest absolute Gasteiger partial charge is 0.236 e. The summed E-state index contributed by atoms with van der Waals surface area (Å²) in [6.07, 6.45) is 0. The van der Waals surface area contributed by atoms with Crippen molar-refractivity contribution in [3.8, 4) is 0 Å². The Hall–Kier alpha value is -0.570. The lowest BCUT2D eigenvalue weighted by Gasteiger charge is -2.04. The van der Waals surface area contributed by atoms with E-state index in [9.17, 15) is 8.42 Å². The van der Waals surface area contributed by atoms with Crippen molar-refractivity contribution in [3.05, 3.63) is 21.7 Å². The van der Waals surface area contributed by atoms with Gasteiger partial charge in [-0.15, -0.1) is 0 Å². The fourth-order valence-electron chi connectivity index (χ4n) is 1.07. The van der Waals surface area contributed by atoms with Gasteiger partial charge in [-0.2, -0.15) is 11.3 Å². The van der Waals surface area contributed by atoms with E-state index in [0.717, 1.165) is 0 Å². The van der Waals surface area contributed by atoms with Crippen LogP contribution in [0.2, 0.25) is 0 Å². The van der Waals surface area contributed by atoms with Crippen LogP contribution in [0, 0.1) is 6.57 Å². The first-order valence-electron chi connectivity index (χ1n) is 3.81. The van der Waals surface area contributed by atoms with Gasteiger partial charge in [0.05, 0.1) is 6.57 Å². The minimum Gasteiger partial charge on any atom is -0.236 e. The molecule has 1 rings (SSSR count). The first kappa shape index (κ1) is 11.5. The summed E-state index contributed by atoms with van der Waals surface area (Å²) < 4.78 is 22.5. The molecule has 0 saturated heterocycles. The second-order valence-electron chi connectivity index (χ2n) is 3.02. The maximum absolute atomic E-state index is 11.2. The number of halogens is 1. The molecule has 6 heteroatoms. The van der Waals surface area contributed by atoms with E-state index in [4.69, 9.17) is 17.3 Å². The molecule has 0 unspecified atom stereocenters. The minimum absolute atomic E-state index is 0.0193. The van der Waals surface area contributed by atoms with E-state index in [1.165, 1.54) is 16.7 Å². The van der Waals surface area contributed by atoms with E-state index < -0.39 is 9.05 Å². The van der Waals surface area contributed by atoms with Gasteiger partial charge >= 0.3 is 0 Å². The second-order valence-corrected chi connectivity index (χ2v) is 6.43. The Bertz CT molecular complexity index is 482. The number of hydrogen-bond donors (Lipinski definition) is 0. The van der Waals surface area contributed by atoms with Crippen molar-refractivity contribution in [2.75, 3.05) is 0 Å². The van der Waals surface area contributed by atoms with Gasteiger partial charge in [-0.3, -0.25) is 0 Å². The predicted molar refractivity (Wildman–Crippen MR) is 57.7 cm³/mol. The van der Waals surface area contributed by atoms with Gasteiger partial charge in [0, 0.05) is 15.6 Å². The lowest BCUT2D eigenvalue weighted by atomic mass is 10.2. The molecule has 0 aromatic carbocycles. The molecule has 0 aliphatic heterocycles. The molecule has 0 spiro atoms. The SMILES string of the molecule is [C-]#[N+]c1csc(C(C)C)c1S(=O)(=O)Cl. The van der Waals surface area contributed by atoms with Crippen LogP contribution in [-0.2, 0) is 9.05 Å². The summed E-state index contributed by atoms with van der Waals surface area (Å²) in [6, 6.07) is 0. The van der Waals surface area contributed by atoms with Crippen molar-refractivity contribution in [2.45, 2.75) is 24.7 Å². The third-order valence-corrected chi connectivity index (χ3v) is 4.42. The Morgan fingerprint density at radius 3 is 2.50 bits per heavy atom. The van der Waals surface area contributed by atoms with E-state index >= 15 is 0 Å². The van der Waals surface area contributed by atoms with Gasteiger partial charge < -0.3 is 0 Å². The van der Waals surface area contributed by atoms with E-state index in [-0.39, 0.29) is 16.5 Å². The van der Waals surface area contributed by atoms with Gasteiger partial charge in [0.25, 0.3) is 9.05 Å². The van der Waals surface area contributed by atoms with Gasteiger partial charge in [-0.25, -0.2) is 13.3 Å². The number of rotatable bonds is 2. The van der Waals surface area contributed by atoms with Gasteiger partial charge in [-0.05, 0) is 11.3 Å². The summed E-state index contributed by atoms with van der Waals surface area (Å²) in [6.45, 7) is 10.6. The van der Waals surface area contributed by atoms with Crippen LogP contribution in [0.15, 0.2) is 10.3 Å². The topological polar surface area (TPSA) is 38.5 Å². The average Bonchev–Trinajstić information content (AvgIpc) is 2.45. The molecule has 1 aromatic rings. The van der Waals surface area contributed by atoms with Crippen LogP contribution in [0.3, 0.4) is 0 Å². The van der Waals surface area contributed by atoms with Crippen molar-refractivity contribution in [2.24, 2.45) is 0 Å². The Morgan fingerprint density at radius 2 is 2.14 bits per heavy atom. The van der Waals surface area contributed by atoms with Gasteiger partial charge in [0.2, 0.25) is 5.69 Å². The largest absolute Gasteiger partial charge is 0.253 e. The van der Waals surface area contributed by atoms with Crippen LogP contribution in [0.4, 0.5) is 5.69 Å². The molecular formula is C8H8ClNO2S2. The summed E-state index contributed by atoms with van der Waals surface area (Å²) in [5.41, 5.74) is 0.119. The van der Waals surface area contributed by atoms with Crippen LogP contribution in [0.5, 0.6) is 0 Å². The Morgan fingerprint density at radius 1 is 1.57 bits per heavy atom. The second kappa shape index (κ2) is 3.89. The molecule has 0 radical (unpaired) electrons. The number of thiophene rings is 1. The van der Waals surface area contributed by atoms with Crippen LogP contribution in [0.25, 0.3) is 4.85 Å². The molecule has 76 valence electrons. The molecular weight excluding hydrogens is 242 g/mol. The normalized spacial score (nSPS) is 11.6. The third-order valence-electron chi connectivity index (χ3n) is 1.64. The monoisotopic (exact) mass is 249 g/mol. The molecule has 1 aromatic heterocycles. The molecule has 0 bridgehead atoms. The molecule has 0 amide bonds. The van der Waals surface area contributed by atoms with Crippen LogP contribution in [-0.4, -0.2) is 8.42 Å². The molecule has 0 aliphatic rings. The zero-order chi connectivity index (χ0) is 10.9.